The van der Waals surface area contributed by atoms with E-state index < -0.39 is 0 Å². The van der Waals surface area contributed by atoms with Crippen LogP contribution in [0.3, 0.4) is 0 Å². The van der Waals surface area contributed by atoms with Crippen molar-refractivity contribution < 1.29 is 4.74 Å². The van der Waals surface area contributed by atoms with Gasteiger partial charge >= 0.3 is 0 Å². The molecule has 1 aliphatic heterocycles. The molecule has 2 nitrogen and oxygen atoms in total. The van der Waals surface area contributed by atoms with Crippen LogP contribution in [0, 0.1) is 0 Å². The Hall–Kier alpha value is -0.840. The number of hydrogen-bond acceptors (Lipinski definition) is 3. The fourth-order valence-electron chi connectivity index (χ4n) is 2.75. The highest BCUT2D eigenvalue weighted by molar-refractivity contribution is 9.10. The number of rotatable bonds is 5. The Kier molecular flexibility index (Phi) is 4.44. The standard InChI is InChI=1S/C16H18BrNOS/c1-2-7-18-16(13-9-20-10-14(13)17)12-8-19-15-6-4-3-5-11(12)15/h3-6,9-10,12,16,18H,2,7-8H2,1H3. The predicted octanol–water partition coefficient (Wildman–Crippen LogP) is 4.73. The van der Waals surface area contributed by atoms with Crippen LogP contribution in [0.1, 0.15) is 36.4 Å². The van der Waals surface area contributed by atoms with Crippen LogP contribution in [0.25, 0.3) is 0 Å². The maximum absolute atomic E-state index is 5.86. The summed E-state index contributed by atoms with van der Waals surface area (Å²) in [6, 6.07) is 8.69. The SMILES string of the molecule is CCCNC(c1cscc1Br)C1COc2ccccc21. The molecular formula is C16H18BrNOS. The van der Waals surface area contributed by atoms with Gasteiger partial charge in [-0.2, -0.15) is 11.3 Å². The van der Waals surface area contributed by atoms with E-state index in [1.165, 1.54) is 15.6 Å². The Morgan fingerprint density at radius 2 is 2.25 bits per heavy atom. The summed E-state index contributed by atoms with van der Waals surface area (Å²) in [5.74, 6) is 1.41. The molecule has 0 saturated carbocycles. The van der Waals surface area contributed by atoms with E-state index in [4.69, 9.17) is 4.74 Å². The number of hydrogen-bond donors (Lipinski definition) is 1. The normalized spacial score (nSPS) is 18.6. The summed E-state index contributed by atoms with van der Waals surface area (Å²) in [4.78, 5) is 0. The Bertz CT molecular complexity index is 583. The summed E-state index contributed by atoms with van der Waals surface area (Å²) in [6.45, 7) is 3.97. The smallest absolute Gasteiger partial charge is 0.122 e. The van der Waals surface area contributed by atoms with Crippen LogP contribution in [0.15, 0.2) is 39.5 Å². The third-order valence-corrected chi connectivity index (χ3v) is 5.48. The average Bonchev–Trinajstić information content (AvgIpc) is 3.07. The monoisotopic (exact) mass is 351 g/mol. The minimum absolute atomic E-state index is 0.305. The molecule has 1 aromatic carbocycles. The van der Waals surface area contributed by atoms with Crippen molar-refractivity contribution in [2.45, 2.75) is 25.3 Å². The van der Waals surface area contributed by atoms with Gasteiger partial charge in [0.25, 0.3) is 0 Å². The summed E-state index contributed by atoms with van der Waals surface area (Å²) in [5.41, 5.74) is 2.66. The predicted molar refractivity (Wildman–Crippen MR) is 87.7 cm³/mol. The molecule has 2 unspecified atom stereocenters. The van der Waals surface area contributed by atoms with Gasteiger partial charge < -0.3 is 10.1 Å². The Balaban J connectivity index is 1.93. The Labute approximate surface area is 132 Å². The van der Waals surface area contributed by atoms with Crippen molar-refractivity contribution in [3.8, 4) is 5.75 Å². The molecule has 1 N–H and O–H groups in total. The highest BCUT2D eigenvalue weighted by atomic mass is 79.9. The minimum atomic E-state index is 0.305. The van der Waals surface area contributed by atoms with Crippen molar-refractivity contribution >= 4 is 27.3 Å². The van der Waals surface area contributed by atoms with Crippen molar-refractivity contribution in [2.75, 3.05) is 13.2 Å². The summed E-state index contributed by atoms with van der Waals surface area (Å²) in [7, 11) is 0. The molecule has 20 heavy (non-hydrogen) atoms. The van der Waals surface area contributed by atoms with Crippen LogP contribution in [0.2, 0.25) is 0 Å². The zero-order valence-electron chi connectivity index (χ0n) is 11.4. The lowest BCUT2D eigenvalue weighted by atomic mass is 9.89. The summed E-state index contributed by atoms with van der Waals surface area (Å²) >= 11 is 5.42. The minimum Gasteiger partial charge on any atom is -0.493 e. The van der Waals surface area contributed by atoms with Crippen LogP contribution >= 0.6 is 27.3 Å². The van der Waals surface area contributed by atoms with Crippen molar-refractivity contribution in [1.29, 1.82) is 0 Å². The number of halogens is 1. The maximum Gasteiger partial charge on any atom is 0.122 e. The van der Waals surface area contributed by atoms with Gasteiger partial charge in [-0.25, -0.2) is 0 Å². The van der Waals surface area contributed by atoms with Gasteiger partial charge in [0.2, 0.25) is 0 Å². The maximum atomic E-state index is 5.86. The molecule has 0 saturated heterocycles. The van der Waals surface area contributed by atoms with Crippen LogP contribution in [0.5, 0.6) is 5.75 Å². The first-order valence-corrected chi connectivity index (χ1v) is 8.71. The fraction of sp³-hybridized carbons (Fsp3) is 0.375. The van der Waals surface area contributed by atoms with E-state index in [1.54, 1.807) is 11.3 Å². The van der Waals surface area contributed by atoms with Crippen molar-refractivity contribution in [2.24, 2.45) is 0 Å². The van der Waals surface area contributed by atoms with Gasteiger partial charge in [-0.1, -0.05) is 25.1 Å². The molecule has 106 valence electrons. The molecule has 0 bridgehead atoms. The molecule has 4 heteroatoms. The zero-order valence-corrected chi connectivity index (χ0v) is 13.8. The number of benzene rings is 1. The highest BCUT2D eigenvalue weighted by Gasteiger charge is 2.33. The molecule has 3 rings (SSSR count). The van der Waals surface area contributed by atoms with Gasteiger partial charge in [-0.05, 0) is 45.9 Å². The molecule has 1 aliphatic rings. The highest BCUT2D eigenvalue weighted by Crippen LogP contribution is 2.43. The van der Waals surface area contributed by atoms with Crippen molar-refractivity contribution in [1.82, 2.24) is 5.32 Å². The average molecular weight is 352 g/mol. The van der Waals surface area contributed by atoms with Gasteiger partial charge in [0, 0.05) is 27.4 Å². The fourth-order valence-corrected chi connectivity index (χ4v) is 4.33. The van der Waals surface area contributed by atoms with Gasteiger partial charge in [0.05, 0.1) is 6.61 Å². The van der Waals surface area contributed by atoms with Crippen LogP contribution < -0.4 is 10.1 Å². The van der Waals surface area contributed by atoms with E-state index in [-0.39, 0.29) is 0 Å². The molecule has 0 radical (unpaired) electrons. The summed E-state index contributed by atoms with van der Waals surface area (Å²) in [5, 5.41) is 8.08. The molecular weight excluding hydrogens is 334 g/mol. The van der Waals surface area contributed by atoms with E-state index >= 15 is 0 Å². The molecule has 1 aromatic heterocycles. The Morgan fingerprint density at radius 1 is 1.40 bits per heavy atom. The van der Waals surface area contributed by atoms with E-state index in [9.17, 15) is 0 Å². The molecule has 0 spiro atoms. The van der Waals surface area contributed by atoms with Crippen LogP contribution in [-0.4, -0.2) is 13.2 Å². The second-order valence-corrected chi connectivity index (χ2v) is 6.66. The first kappa shape index (κ1) is 14.1. The lowest BCUT2D eigenvalue weighted by molar-refractivity contribution is 0.299. The second kappa shape index (κ2) is 6.29. The number of para-hydroxylation sites is 1. The van der Waals surface area contributed by atoms with Crippen molar-refractivity contribution in [3.63, 3.8) is 0 Å². The largest absolute Gasteiger partial charge is 0.493 e. The lowest BCUT2D eigenvalue weighted by Gasteiger charge is -2.24. The summed E-state index contributed by atoms with van der Waals surface area (Å²) in [6.07, 6.45) is 1.13. The molecule has 2 heterocycles. The molecule has 0 fully saturated rings. The number of thiophene rings is 1. The van der Waals surface area contributed by atoms with Gasteiger partial charge in [-0.15, -0.1) is 0 Å². The number of nitrogens with one attached hydrogen (secondary N) is 1. The number of fused-ring (bicyclic) bond motifs is 1. The molecule has 2 aromatic rings. The molecule has 0 aliphatic carbocycles. The van der Waals surface area contributed by atoms with Gasteiger partial charge in [0.1, 0.15) is 5.75 Å². The van der Waals surface area contributed by atoms with E-state index in [0.29, 0.717) is 12.0 Å². The number of ether oxygens (including phenoxy) is 1. The summed E-state index contributed by atoms with van der Waals surface area (Å²) < 4.78 is 7.05. The third kappa shape index (κ3) is 2.65. The van der Waals surface area contributed by atoms with Gasteiger partial charge in [-0.3, -0.25) is 0 Å². The second-order valence-electron chi connectivity index (χ2n) is 5.06. The first-order valence-electron chi connectivity index (χ1n) is 6.98. The zero-order chi connectivity index (χ0) is 13.9. The first-order chi connectivity index (χ1) is 9.81. The molecule has 2 atom stereocenters. The van der Waals surface area contributed by atoms with Crippen molar-refractivity contribution in [3.05, 3.63) is 50.6 Å². The Morgan fingerprint density at radius 3 is 3.00 bits per heavy atom. The molecule has 0 amide bonds. The van der Waals surface area contributed by atoms with Gasteiger partial charge in [0.15, 0.2) is 0 Å². The topological polar surface area (TPSA) is 21.3 Å². The van der Waals surface area contributed by atoms with Crippen LogP contribution in [0.4, 0.5) is 0 Å². The van der Waals surface area contributed by atoms with Crippen LogP contribution in [-0.2, 0) is 0 Å². The lowest BCUT2D eigenvalue weighted by Crippen LogP contribution is -2.28. The van der Waals surface area contributed by atoms with E-state index in [1.807, 2.05) is 6.07 Å². The third-order valence-electron chi connectivity index (χ3n) is 3.73. The quantitative estimate of drug-likeness (QED) is 0.840. The van der Waals surface area contributed by atoms with E-state index in [2.05, 4.69) is 57.1 Å². The van der Waals surface area contributed by atoms with E-state index in [0.717, 1.165) is 25.3 Å².